The maximum atomic E-state index is 11.4. The molecule has 4 nitrogen and oxygen atoms in total. The second-order valence-electron chi connectivity index (χ2n) is 3.48. The van der Waals surface area contributed by atoms with E-state index >= 15 is 0 Å². The SMILES string of the molecule is [B]c1cccc(-n2cnc(C(=O)OCC)c2)c1. The number of nitrogens with zero attached hydrogens (tertiary/aromatic N) is 2. The Morgan fingerprint density at radius 3 is 3.06 bits per heavy atom. The highest BCUT2D eigenvalue weighted by atomic mass is 16.5. The van der Waals surface area contributed by atoms with Crippen LogP contribution in [0.4, 0.5) is 0 Å². The summed E-state index contributed by atoms with van der Waals surface area (Å²) < 4.78 is 6.59. The molecule has 0 aliphatic heterocycles. The number of imidazole rings is 1. The van der Waals surface area contributed by atoms with Crippen molar-refractivity contribution in [2.75, 3.05) is 6.61 Å². The van der Waals surface area contributed by atoms with Gasteiger partial charge < -0.3 is 9.30 Å². The quantitative estimate of drug-likeness (QED) is 0.575. The number of carbonyl (C=O) groups excluding carboxylic acids is 1. The van der Waals surface area contributed by atoms with Gasteiger partial charge in [0.25, 0.3) is 0 Å². The molecule has 0 bridgehead atoms. The van der Waals surface area contributed by atoms with Crippen molar-refractivity contribution in [3.8, 4) is 5.69 Å². The third-order valence-corrected chi connectivity index (χ3v) is 2.24. The second kappa shape index (κ2) is 4.87. The van der Waals surface area contributed by atoms with Crippen LogP contribution in [0, 0.1) is 0 Å². The standard InChI is InChI=1S/C12H11BN2O2/c1-2-17-12(16)11-7-15(8-14-11)10-5-3-4-9(13)6-10/h3-8H,2H2,1H3. The van der Waals surface area contributed by atoms with Gasteiger partial charge in [0, 0.05) is 11.9 Å². The van der Waals surface area contributed by atoms with Crippen LogP contribution in [0.5, 0.6) is 0 Å². The summed E-state index contributed by atoms with van der Waals surface area (Å²) in [6.45, 7) is 2.09. The smallest absolute Gasteiger partial charge is 0.358 e. The number of rotatable bonds is 3. The fourth-order valence-electron chi connectivity index (χ4n) is 1.46. The zero-order valence-corrected chi connectivity index (χ0v) is 9.46. The molecule has 0 atom stereocenters. The van der Waals surface area contributed by atoms with E-state index in [1.54, 1.807) is 36.1 Å². The monoisotopic (exact) mass is 226 g/mol. The second-order valence-corrected chi connectivity index (χ2v) is 3.48. The van der Waals surface area contributed by atoms with Gasteiger partial charge in [0.1, 0.15) is 14.2 Å². The lowest BCUT2D eigenvalue weighted by Crippen LogP contribution is -2.05. The van der Waals surface area contributed by atoms with Gasteiger partial charge in [-0.2, -0.15) is 0 Å². The summed E-state index contributed by atoms with van der Waals surface area (Å²) in [7, 11) is 5.68. The fraction of sp³-hybridized carbons (Fsp3) is 0.167. The molecule has 5 heteroatoms. The molecule has 0 spiro atoms. The Hall–Kier alpha value is -2.04. The number of ether oxygens (including phenoxy) is 1. The van der Waals surface area contributed by atoms with Crippen LogP contribution in [0.2, 0.25) is 0 Å². The molecular weight excluding hydrogens is 215 g/mol. The van der Waals surface area contributed by atoms with E-state index in [0.717, 1.165) is 5.69 Å². The molecule has 0 N–H and O–H groups in total. The molecule has 0 saturated heterocycles. The summed E-state index contributed by atoms with van der Waals surface area (Å²) in [6.07, 6.45) is 3.17. The highest BCUT2D eigenvalue weighted by molar-refractivity contribution is 6.32. The lowest BCUT2D eigenvalue weighted by Gasteiger charge is -2.02. The molecule has 17 heavy (non-hydrogen) atoms. The van der Waals surface area contributed by atoms with Crippen molar-refractivity contribution in [1.29, 1.82) is 0 Å². The van der Waals surface area contributed by atoms with Gasteiger partial charge in [0.05, 0.1) is 6.61 Å². The van der Waals surface area contributed by atoms with Crippen LogP contribution >= 0.6 is 0 Å². The molecule has 0 unspecified atom stereocenters. The molecule has 84 valence electrons. The fourth-order valence-corrected chi connectivity index (χ4v) is 1.46. The van der Waals surface area contributed by atoms with Gasteiger partial charge >= 0.3 is 5.97 Å². The zero-order chi connectivity index (χ0) is 12.3. The number of hydrogen-bond donors (Lipinski definition) is 0. The van der Waals surface area contributed by atoms with E-state index in [4.69, 9.17) is 12.6 Å². The Kier molecular flexibility index (Phi) is 3.28. The number of aromatic nitrogens is 2. The number of hydrogen-bond acceptors (Lipinski definition) is 3. The van der Waals surface area contributed by atoms with E-state index in [9.17, 15) is 4.79 Å². The third kappa shape index (κ3) is 2.56. The molecule has 1 aromatic heterocycles. The minimum atomic E-state index is -0.421. The molecule has 0 aliphatic rings. The van der Waals surface area contributed by atoms with Gasteiger partial charge in [0.15, 0.2) is 5.69 Å². The highest BCUT2D eigenvalue weighted by Gasteiger charge is 2.10. The van der Waals surface area contributed by atoms with Crippen molar-refractivity contribution in [3.63, 3.8) is 0 Å². The molecule has 0 saturated carbocycles. The van der Waals surface area contributed by atoms with Gasteiger partial charge in [-0.05, 0) is 19.1 Å². The summed E-state index contributed by atoms with van der Waals surface area (Å²) in [5, 5.41) is 0. The van der Waals surface area contributed by atoms with Crippen LogP contribution < -0.4 is 5.46 Å². The molecule has 2 rings (SSSR count). The van der Waals surface area contributed by atoms with E-state index in [1.165, 1.54) is 0 Å². The van der Waals surface area contributed by atoms with Crippen molar-refractivity contribution >= 4 is 19.3 Å². The minimum absolute atomic E-state index is 0.286. The van der Waals surface area contributed by atoms with Crippen LogP contribution in [0.3, 0.4) is 0 Å². The summed E-state index contributed by atoms with van der Waals surface area (Å²) >= 11 is 0. The third-order valence-electron chi connectivity index (χ3n) is 2.24. The van der Waals surface area contributed by atoms with E-state index in [1.807, 2.05) is 12.1 Å². The maximum Gasteiger partial charge on any atom is 0.358 e. The van der Waals surface area contributed by atoms with Crippen molar-refractivity contribution < 1.29 is 9.53 Å². The lowest BCUT2D eigenvalue weighted by atomic mass is 9.96. The molecule has 2 radical (unpaired) electrons. The molecule has 1 heterocycles. The topological polar surface area (TPSA) is 44.1 Å². The van der Waals surface area contributed by atoms with Gasteiger partial charge in [0.2, 0.25) is 0 Å². The Morgan fingerprint density at radius 2 is 2.35 bits per heavy atom. The van der Waals surface area contributed by atoms with Gasteiger partial charge in [-0.25, -0.2) is 9.78 Å². The molecule has 0 aliphatic carbocycles. The first-order chi connectivity index (χ1) is 8.20. The molecule has 0 fully saturated rings. The van der Waals surface area contributed by atoms with Gasteiger partial charge in [-0.3, -0.25) is 0 Å². The van der Waals surface area contributed by atoms with Gasteiger partial charge in [-0.1, -0.05) is 17.6 Å². The van der Waals surface area contributed by atoms with Crippen LogP contribution in [-0.2, 0) is 4.74 Å². The first-order valence-corrected chi connectivity index (χ1v) is 5.27. The Bertz CT molecular complexity index is 537. The lowest BCUT2D eigenvalue weighted by molar-refractivity contribution is 0.0520. The van der Waals surface area contributed by atoms with Crippen LogP contribution in [-0.4, -0.2) is 30.0 Å². The summed E-state index contributed by atoms with van der Waals surface area (Å²) in [5.74, 6) is -0.421. The van der Waals surface area contributed by atoms with Crippen molar-refractivity contribution in [2.45, 2.75) is 6.92 Å². The minimum Gasteiger partial charge on any atom is -0.461 e. The first-order valence-electron chi connectivity index (χ1n) is 5.27. The average molecular weight is 226 g/mol. The van der Waals surface area contributed by atoms with Crippen LogP contribution in [0.15, 0.2) is 36.8 Å². The first kappa shape index (κ1) is 11.5. The van der Waals surface area contributed by atoms with E-state index in [2.05, 4.69) is 4.98 Å². The summed E-state index contributed by atoms with van der Waals surface area (Å²) in [4.78, 5) is 15.4. The normalized spacial score (nSPS) is 10.2. The van der Waals surface area contributed by atoms with Crippen LogP contribution in [0.1, 0.15) is 17.4 Å². The van der Waals surface area contributed by atoms with Gasteiger partial charge in [-0.15, -0.1) is 0 Å². The molecule has 2 aromatic rings. The number of esters is 1. The van der Waals surface area contributed by atoms with E-state index in [-0.39, 0.29) is 5.69 Å². The Morgan fingerprint density at radius 1 is 1.53 bits per heavy atom. The largest absolute Gasteiger partial charge is 0.461 e. The maximum absolute atomic E-state index is 11.4. The Labute approximate surface area is 101 Å². The van der Waals surface area contributed by atoms with Crippen molar-refractivity contribution in [3.05, 3.63) is 42.5 Å². The molecule has 1 aromatic carbocycles. The van der Waals surface area contributed by atoms with Crippen molar-refractivity contribution in [1.82, 2.24) is 9.55 Å². The van der Waals surface area contributed by atoms with Crippen molar-refractivity contribution in [2.24, 2.45) is 0 Å². The summed E-state index contributed by atoms with van der Waals surface area (Å²) in [6, 6.07) is 7.32. The predicted molar refractivity (Wildman–Crippen MR) is 64.9 cm³/mol. The summed E-state index contributed by atoms with van der Waals surface area (Å²) in [5.41, 5.74) is 1.80. The zero-order valence-electron chi connectivity index (χ0n) is 9.46. The van der Waals surface area contributed by atoms with E-state index in [0.29, 0.717) is 12.1 Å². The molecular formula is C12H11BN2O2. The predicted octanol–water partition coefficient (Wildman–Crippen LogP) is 0.843. The van der Waals surface area contributed by atoms with Crippen LogP contribution in [0.25, 0.3) is 5.69 Å². The van der Waals surface area contributed by atoms with E-state index < -0.39 is 5.97 Å². The average Bonchev–Trinajstić information content (AvgIpc) is 2.78. The molecule has 0 amide bonds. The Balaban J connectivity index is 2.27. The highest BCUT2D eigenvalue weighted by Crippen LogP contribution is 2.07. The number of benzene rings is 1. The number of carbonyl (C=O) groups is 1.